The molecule has 0 bridgehead atoms. The number of ether oxygens (including phenoxy) is 1. The van der Waals surface area contributed by atoms with Gasteiger partial charge in [0.2, 0.25) is 5.78 Å². The minimum Gasteiger partial charge on any atom is -0.485 e. The van der Waals surface area contributed by atoms with Gasteiger partial charge in [-0.15, -0.1) is 0 Å². The molecule has 0 N–H and O–H groups in total. The Morgan fingerprint density at radius 3 is 2.50 bits per heavy atom. The second-order valence-corrected chi connectivity index (χ2v) is 3.82. The van der Waals surface area contributed by atoms with E-state index < -0.39 is 11.6 Å². The molecule has 0 spiro atoms. The number of hydrogen-bond acceptors (Lipinski definition) is 2. The van der Waals surface area contributed by atoms with E-state index in [4.69, 9.17) is 4.74 Å². The Morgan fingerprint density at radius 2 is 1.94 bits per heavy atom. The highest BCUT2D eigenvalue weighted by Crippen LogP contribution is 2.15. The van der Waals surface area contributed by atoms with E-state index in [0.717, 1.165) is 18.2 Å². The number of Topliss-reactive ketones (excluding diaryl/α,β-unsaturated/α-hetero) is 1. The highest BCUT2D eigenvalue weighted by molar-refractivity contribution is 5.95. The Balaban J connectivity index is 2.04. The van der Waals surface area contributed by atoms with Gasteiger partial charge < -0.3 is 9.30 Å². The van der Waals surface area contributed by atoms with Gasteiger partial charge in [0.05, 0.1) is 5.69 Å². The van der Waals surface area contributed by atoms with E-state index in [1.54, 1.807) is 29.9 Å². The summed E-state index contributed by atoms with van der Waals surface area (Å²) in [7, 11) is 1.73. The molecule has 0 saturated heterocycles. The van der Waals surface area contributed by atoms with Gasteiger partial charge in [-0.3, -0.25) is 4.79 Å². The third-order valence-electron chi connectivity index (χ3n) is 2.44. The van der Waals surface area contributed by atoms with Crippen LogP contribution >= 0.6 is 0 Å². The van der Waals surface area contributed by atoms with Crippen LogP contribution in [-0.2, 0) is 7.05 Å². The summed E-state index contributed by atoms with van der Waals surface area (Å²) in [6, 6.07) is 6.18. The number of carbonyl (C=O) groups excluding carboxylic acids is 1. The summed E-state index contributed by atoms with van der Waals surface area (Å²) in [6.45, 7) is -0.263. The molecule has 2 aromatic rings. The number of nitrogens with zero attached hydrogens (tertiary/aromatic N) is 1. The largest absolute Gasteiger partial charge is 0.485 e. The van der Waals surface area contributed by atoms with Gasteiger partial charge >= 0.3 is 0 Å². The maximum absolute atomic E-state index is 12.9. The van der Waals surface area contributed by atoms with E-state index >= 15 is 0 Å². The lowest BCUT2D eigenvalue weighted by Gasteiger charge is -2.06. The van der Waals surface area contributed by atoms with Crippen LogP contribution in [0.4, 0.5) is 8.78 Å². The molecule has 0 aliphatic carbocycles. The lowest BCUT2D eigenvalue weighted by atomic mass is 10.3. The average Bonchev–Trinajstić information content (AvgIpc) is 2.71. The fourth-order valence-corrected chi connectivity index (χ4v) is 1.59. The molecule has 0 aliphatic heterocycles. The third-order valence-corrected chi connectivity index (χ3v) is 2.44. The topological polar surface area (TPSA) is 31.2 Å². The maximum Gasteiger partial charge on any atom is 0.216 e. The van der Waals surface area contributed by atoms with Gasteiger partial charge in [-0.1, -0.05) is 0 Å². The molecule has 0 radical (unpaired) electrons. The van der Waals surface area contributed by atoms with Crippen molar-refractivity contribution in [2.75, 3.05) is 6.61 Å². The molecule has 1 aromatic heterocycles. The van der Waals surface area contributed by atoms with Gasteiger partial charge in [0.25, 0.3) is 0 Å². The molecule has 0 aliphatic rings. The van der Waals surface area contributed by atoms with Gasteiger partial charge in [0, 0.05) is 31.4 Å². The summed E-state index contributed by atoms with van der Waals surface area (Å²) >= 11 is 0. The first-order chi connectivity index (χ1) is 8.56. The lowest BCUT2D eigenvalue weighted by Crippen LogP contribution is -2.14. The minimum atomic E-state index is -0.740. The zero-order chi connectivity index (χ0) is 13.1. The SMILES string of the molecule is Cn1cccc1C(=O)COc1cc(F)cc(F)c1. The fourth-order valence-electron chi connectivity index (χ4n) is 1.59. The second-order valence-electron chi connectivity index (χ2n) is 3.82. The van der Waals surface area contributed by atoms with Crippen LogP contribution in [0, 0.1) is 11.6 Å². The van der Waals surface area contributed by atoms with Crippen LogP contribution in [-0.4, -0.2) is 17.0 Å². The Bertz CT molecular complexity index is 558. The van der Waals surface area contributed by atoms with Crippen molar-refractivity contribution in [2.45, 2.75) is 0 Å². The summed E-state index contributed by atoms with van der Waals surface area (Å²) < 4.78 is 32.5. The molecule has 1 aromatic carbocycles. The molecule has 3 nitrogen and oxygen atoms in total. The van der Waals surface area contributed by atoms with E-state index in [0.29, 0.717) is 5.69 Å². The first kappa shape index (κ1) is 12.3. The van der Waals surface area contributed by atoms with E-state index in [1.165, 1.54) is 0 Å². The van der Waals surface area contributed by atoms with Crippen molar-refractivity contribution in [1.82, 2.24) is 4.57 Å². The van der Waals surface area contributed by atoms with Crippen LogP contribution < -0.4 is 4.74 Å². The zero-order valence-corrected chi connectivity index (χ0v) is 9.69. The highest BCUT2D eigenvalue weighted by Gasteiger charge is 2.10. The summed E-state index contributed by atoms with van der Waals surface area (Å²) in [4.78, 5) is 11.7. The number of aromatic nitrogens is 1. The molecule has 5 heteroatoms. The van der Waals surface area contributed by atoms with Gasteiger partial charge in [0.1, 0.15) is 17.4 Å². The molecule has 0 fully saturated rings. The second kappa shape index (κ2) is 5.00. The Labute approximate surface area is 103 Å². The Morgan fingerprint density at radius 1 is 1.28 bits per heavy atom. The average molecular weight is 251 g/mol. The highest BCUT2D eigenvalue weighted by atomic mass is 19.1. The van der Waals surface area contributed by atoms with Crippen LogP contribution in [0.1, 0.15) is 10.5 Å². The summed E-state index contributed by atoms with van der Waals surface area (Å²) in [5.41, 5.74) is 0.479. The van der Waals surface area contributed by atoms with Crippen molar-refractivity contribution < 1.29 is 18.3 Å². The molecule has 18 heavy (non-hydrogen) atoms. The molecule has 0 saturated carbocycles. The van der Waals surface area contributed by atoms with E-state index in [1.807, 2.05) is 0 Å². The van der Waals surface area contributed by atoms with Crippen molar-refractivity contribution in [3.8, 4) is 5.75 Å². The smallest absolute Gasteiger partial charge is 0.216 e. The van der Waals surface area contributed by atoms with Crippen LogP contribution in [0.25, 0.3) is 0 Å². The van der Waals surface area contributed by atoms with Gasteiger partial charge in [0.15, 0.2) is 6.61 Å². The van der Waals surface area contributed by atoms with Crippen LogP contribution in [0.2, 0.25) is 0 Å². The number of aryl methyl sites for hydroxylation is 1. The summed E-state index contributed by atoms with van der Waals surface area (Å²) in [5.74, 6) is -1.74. The molecule has 94 valence electrons. The predicted molar refractivity (Wildman–Crippen MR) is 61.6 cm³/mol. The van der Waals surface area contributed by atoms with Crippen LogP contribution in [0.5, 0.6) is 5.75 Å². The minimum absolute atomic E-state index is 0.00457. The van der Waals surface area contributed by atoms with Crippen molar-refractivity contribution >= 4 is 5.78 Å². The van der Waals surface area contributed by atoms with E-state index in [-0.39, 0.29) is 18.1 Å². The van der Waals surface area contributed by atoms with Crippen molar-refractivity contribution in [1.29, 1.82) is 0 Å². The first-order valence-corrected chi connectivity index (χ1v) is 5.29. The first-order valence-electron chi connectivity index (χ1n) is 5.29. The molecule has 0 atom stereocenters. The molecule has 0 unspecified atom stereocenters. The monoisotopic (exact) mass is 251 g/mol. The van der Waals surface area contributed by atoms with E-state index in [9.17, 15) is 13.6 Å². The number of hydrogen-bond donors (Lipinski definition) is 0. The predicted octanol–water partition coefficient (Wildman–Crippen LogP) is 2.57. The number of halogens is 2. The van der Waals surface area contributed by atoms with Crippen molar-refractivity contribution in [3.05, 3.63) is 53.9 Å². The zero-order valence-electron chi connectivity index (χ0n) is 9.69. The molecular formula is C13H11F2NO2. The third kappa shape index (κ3) is 2.74. The summed E-state index contributed by atoms with van der Waals surface area (Å²) in [5, 5.41) is 0. The molecular weight excluding hydrogens is 240 g/mol. The fraction of sp³-hybridized carbons (Fsp3) is 0.154. The van der Waals surface area contributed by atoms with Gasteiger partial charge in [-0.05, 0) is 12.1 Å². The number of benzene rings is 1. The standard InChI is InChI=1S/C13H11F2NO2/c1-16-4-2-3-12(16)13(17)8-18-11-6-9(14)5-10(15)7-11/h2-7H,8H2,1H3. The van der Waals surface area contributed by atoms with Gasteiger partial charge in [-0.25, -0.2) is 8.78 Å². The van der Waals surface area contributed by atoms with Crippen molar-refractivity contribution in [3.63, 3.8) is 0 Å². The Hall–Kier alpha value is -2.17. The van der Waals surface area contributed by atoms with Crippen molar-refractivity contribution in [2.24, 2.45) is 7.05 Å². The van der Waals surface area contributed by atoms with E-state index in [2.05, 4.69) is 0 Å². The maximum atomic E-state index is 12.9. The quantitative estimate of drug-likeness (QED) is 0.782. The lowest BCUT2D eigenvalue weighted by molar-refractivity contribution is 0.0912. The molecule has 0 amide bonds. The molecule has 2 rings (SSSR count). The van der Waals surface area contributed by atoms with Crippen LogP contribution in [0.15, 0.2) is 36.5 Å². The normalized spacial score (nSPS) is 10.4. The number of ketones is 1. The molecule has 1 heterocycles. The number of rotatable bonds is 4. The van der Waals surface area contributed by atoms with Crippen LogP contribution in [0.3, 0.4) is 0 Å². The summed E-state index contributed by atoms with van der Waals surface area (Å²) in [6.07, 6.45) is 1.73. The van der Waals surface area contributed by atoms with Gasteiger partial charge in [-0.2, -0.15) is 0 Å². The number of carbonyl (C=O) groups is 1. The Kier molecular flexibility index (Phi) is 3.41.